The maximum absolute atomic E-state index is 14.1. The van der Waals surface area contributed by atoms with Crippen molar-refractivity contribution in [2.75, 3.05) is 23.3 Å². The summed E-state index contributed by atoms with van der Waals surface area (Å²) in [6, 6.07) is 13.5. The van der Waals surface area contributed by atoms with Crippen LogP contribution in [0.25, 0.3) is 0 Å². The van der Waals surface area contributed by atoms with E-state index in [-0.39, 0.29) is 51.9 Å². The Bertz CT molecular complexity index is 1890. The summed E-state index contributed by atoms with van der Waals surface area (Å²) >= 11 is 0. The number of phenolic OH excluding ortho intramolecular Hbond substituents is 2. The van der Waals surface area contributed by atoms with Gasteiger partial charge >= 0.3 is 7.60 Å². The van der Waals surface area contributed by atoms with Crippen molar-refractivity contribution >= 4 is 40.8 Å². The van der Waals surface area contributed by atoms with Crippen molar-refractivity contribution < 1.29 is 41.8 Å². The molecule has 0 aliphatic heterocycles. The van der Waals surface area contributed by atoms with E-state index < -0.39 is 46.5 Å². The quantitative estimate of drug-likeness (QED) is 0.144. The van der Waals surface area contributed by atoms with Gasteiger partial charge in [-0.15, -0.1) is 0 Å². The minimum atomic E-state index is -4.08. The largest absolute Gasteiger partial charge is 0.507 e. The van der Waals surface area contributed by atoms with Gasteiger partial charge < -0.3 is 24.6 Å². The average Bonchev–Trinajstić information content (AvgIpc) is 2.99. The second kappa shape index (κ2) is 12.2. The van der Waals surface area contributed by atoms with Crippen LogP contribution < -0.4 is 10.0 Å². The molecule has 5 rings (SSSR count). The van der Waals surface area contributed by atoms with Crippen molar-refractivity contribution in [1.82, 2.24) is 9.97 Å². The number of hydrogen-bond acceptors (Lipinski definition) is 12. The van der Waals surface area contributed by atoms with Gasteiger partial charge in [-0.05, 0) is 67.9 Å². The minimum absolute atomic E-state index is 0.0130. The van der Waals surface area contributed by atoms with Crippen LogP contribution in [0.4, 0.5) is 11.6 Å². The van der Waals surface area contributed by atoms with Crippen molar-refractivity contribution in [3.05, 3.63) is 101 Å². The number of nitrogens with zero attached hydrogens (tertiary/aromatic N) is 2. The van der Waals surface area contributed by atoms with Gasteiger partial charge in [-0.2, -0.15) is 0 Å². The Balaban J connectivity index is 1.55. The van der Waals surface area contributed by atoms with E-state index in [0.717, 1.165) is 0 Å². The zero-order chi connectivity index (χ0) is 31.6. The zero-order valence-corrected chi connectivity index (χ0v) is 25.1. The number of sulfonamides is 1. The molecule has 1 aliphatic carbocycles. The molecule has 1 aliphatic rings. The molecule has 1 unspecified atom stereocenters. The van der Waals surface area contributed by atoms with E-state index >= 15 is 0 Å². The first kappa shape index (κ1) is 30.8. The fourth-order valence-electron chi connectivity index (χ4n) is 4.77. The molecule has 0 spiro atoms. The monoisotopic (exact) mass is 638 g/mol. The molecular formula is C29H27N4O9PS. The van der Waals surface area contributed by atoms with Gasteiger partial charge in [-0.3, -0.25) is 14.2 Å². The van der Waals surface area contributed by atoms with Gasteiger partial charge in [-0.25, -0.2) is 23.1 Å². The summed E-state index contributed by atoms with van der Waals surface area (Å²) in [6.45, 7) is 3.20. The molecule has 13 nitrogen and oxygen atoms in total. The van der Waals surface area contributed by atoms with Crippen LogP contribution in [0, 0.1) is 0 Å². The molecule has 1 atom stereocenters. The first-order valence-electron chi connectivity index (χ1n) is 13.3. The van der Waals surface area contributed by atoms with Crippen molar-refractivity contribution in [3.8, 4) is 11.5 Å². The standard InChI is InChI=1S/C29H27N4O9PS/c1-3-41-43(38,42-4-2)28(32-18-9-11-19(12-10-18)44(39,40)33-29-30-13-6-14-31-29)17-15-21-25(23(35)16-17)27(37)24-20(26(21)36)7-5-8-22(24)34/h5-16,28,32,34-35H,3-4H2,1-2H3,(H,30,31,33). The number of aromatic hydroxyl groups is 2. The number of nitrogens with one attached hydrogen (secondary N) is 2. The highest BCUT2D eigenvalue weighted by Gasteiger charge is 2.40. The molecule has 0 amide bonds. The minimum Gasteiger partial charge on any atom is -0.507 e. The van der Waals surface area contributed by atoms with E-state index in [2.05, 4.69) is 20.0 Å². The summed E-state index contributed by atoms with van der Waals surface area (Å²) in [5.74, 6) is -3.78. The summed E-state index contributed by atoms with van der Waals surface area (Å²) in [4.78, 5) is 34.3. The first-order chi connectivity index (χ1) is 21.0. The smallest absolute Gasteiger partial charge is 0.357 e. The third-order valence-corrected chi connectivity index (χ3v) is 10.3. The van der Waals surface area contributed by atoms with Crippen LogP contribution in [-0.2, 0) is 23.6 Å². The predicted molar refractivity (Wildman–Crippen MR) is 160 cm³/mol. The lowest BCUT2D eigenvalue weighted by Gasteiger charge is -2.29. The Kier molecular flexibility index (Phi) is 8.53. The van der Waals surface area contributed by atoms with Crippen LogP contribution in [0.3, 0.4) is 0 Å². The predicted octanol–water partition coefficient (Wildman–Crippen LogP) is 4.84. The maximum atomic E-state index is 14.1. The number of hydrogen-bond donors (Lipinski definition) is 4. The second-order valence-electron chi connectivity index (χ2n) is 9.45. The third-order valence-electron chi connectivity index (χ3n) is 6.64. The Morgan fingerprint density at radius 1 is 0.841 bits per heavy atom. The van der Waals surface area contributed by atoms with Crippen molar-refractivity contribution in [3.63, 3.8) is 0 Å². The number of carbonyl (C=O) groups is 2. The van der Waals surface area contributed by atoms with Crippen molar-refractivity contribution in [2.24, 2.45) is 0 Å². The second-order valence-corrected chi connectivity index (χ2v) is 13.2. The fraction of sp³-hybridized carbons (Fsp3) is 0.172. The summed E-state index contributed by atoms with van der Waals surface area (Å²) in [5.41, 5.74) is -0.355. The number of rotatable bonds is 11. The van der Waals surface area contributed by atoms with Crippen LogP contribution in [0.5, 0.6) is 11.5 Å². The molecular weight excluding hydrogens is 611 g/mol. The third kappa shape index (κ3) is 5.80. The van der Waals surface area contributed by atoms with Gasteiger partial charge in [0, 0.05) is 29.2 Å². The molecule has 228 valence electrons. The molecule has 0 saturated heterocycles. The fourth-order valence-corrected chi connectivity index (χ4v) is 7.64. The molecule has 44 heavy (non-hydrogen) atoms. The SMILES string of the molecule is CCOP(=O)(OCC)C(Nc1ccc(S(=O)(=O)Nc2ncccn2)cc1)c1cc(O)c2c(c1)C(=O)c1cccc(O)c1C2=O. The van der Waals surface area contributed by atoms with Gasteiger partial charge in [0.2, 0.25) is 11.7 Å². The highest BCUT2D eigenvalue weighted by Crippen LogP contribution is 2.61. The number of fused-ring (bicyclic) bond motifs is 2. The Morgan fingerprint density at radius 2 is 1.48 bits per heavy atom. The van der Waals surface area contributed by atoms with Crippen LogP contribution in [0.15, 0.2) is 78.0 Å². The van der Waals surface area contributed by atoms with Gasteiger partial charge in [0.1, 0.15) is 11.5 Å². The van der Waals surface area contributed by atoms with Crippen LogP contribution in [-0.4, -0.2) is 53.4 Å². The Labute approximate surface area is 252 Å². The van der Waals surface area contributed by atoms with Gasteiger partial charge in [-0.1, -0.05) is 12.1 Å². The molecule has 4 N–H and O–H groups in total. The Hall–Kier alpha value is -4.62. The first-order valence-corrected chi connectivity index (χ1v) is 16.4. The summed E-state index contributed by atoms with van der Waals surface area (Å²) in [5, 5.41) is 24.3. The van der Waals surface area contributed by atoms with Crippen LogP contribution >= 0.6 is 7.60 Å². The zero-order valence-electron chi connectivity index (χ0n) is 23.4. The number of ketones is 2. The molecule has 1 heterocycles. The normalized spacial score (nSPS) is 13.6. The van der Waals surface area contributed by atoms with E-state index in [4.69, 9.17) is 9.05 Å². The molecule has 0 fully saturated rings. The van der Waals surface area contributed by atoms with E-state index in [1.54, 1.807) is 13.8 Å². The lowest BCUT2D eigenvalue weighted by molar-refractivity contribution is 0.0974. The lowest BCUT2D eigenvalue weighted by atomic mass is 9.82. The molecule has 15 heteroatoms. The summed E-state index contributed by atoms with van der Waals surface area (Å²) < 4.78 is 53.2. The topological polar surface area (TPSA) is 194 Å². The number of carbonyl (C=O) groups excluding carboxylic acids is 2. The average molecular weight is 639 g/mol. The number of benzene rings is 3. The van der Waals surface area contributed by atoms with Gasteiger partial charge in [0.15, 0.2) is 11.6 Å². The van der Waals surface area contributed by atoms with Crippen LogP contribution in [0.2, 0.25) is 0 Å². The van der Waals surface area contributed by atoms with E-state index in [9.17, 15) is 32.8 Å². The van der Waals surface area contributed by atoms with Gasteiger partial charge in [0.05, 0.1) is 29.2 Å². The van der Waals surface area contributed by atoms with E-state index in [0.29, 0.717) is 5.69 Å². The molecule has 0 saturated carbocycles. The highest BCUT2D eigenvalue weighted by atomic mass is 32.2. The molecule has 0 bridgehead atoms. The number of phenols is 2. The summed E-state index contributed by atoms with van der Waals surface area (Å²) in [6.07, 6.45) is 2.77. The molecule has 0 radical (unpaired) electrons. The van der Waals surface area contributed by atoms with Gasteiger partial charge in [0.25, 0.3) is 10.0 Å². The number of aromatic nitrogens is 2. The van der Waals surface area contributed by atoms with E-state index in [1.165, 1.54) is 73.1 Å². The summed E-state index contributed by atoms with van der Waals surface area (Å²) in [7, 11) is -8.12. The molecule has 1 aromatic heterocycles. The molecule has 4 aromatic rings. The number of anilines is 2. The van der Waals surface area contributed by atoms with Crippen molar-refractivity contribution in [2.45, 2.75) is 24.5 Å². The maximum Gasteiger partial charge on any atom is 0.357 e. The van der Waals surface area contributed by atoms with Crippen LogP contribution in [0.1, 0.15) is 57.0 Å². The highest BCUT2D eigenvalue weighted by molar-refractivity contribution is 7.92. The Morgan fingerprint density at radius 3 is 2.11 bits per heavy atom. The molecule has 3 aromatic carbocycles. The van der Waals surface area contributed by atoms with Crippen molar-refractivity contribution in [1.29, 1.82) is 0 Å². The lowest BCUT2D eigenvalue weighted by Crippen LogP contribution is -2.23. The van der Waals surface area contributed by atoms with E-state index in [1.807, 2.05) is 0 Å².